The predicted molar refractivity (Wildman–Crippen MR) is 52.0 cm³/mol. The molecule has 2 rings (SSSR count). The molecule has 0 aromatic rings. The summed E-state index contributed by atoms with van der Waals surface area (Å²) < 4.78 is 10.7. The fourth-order valence-electron chi connectivity index (χ4n) is 2.76. The maximum atomic E-state index is 11.7. The summed E-state index contributed by atoms with van der Waals surface area (Å²) in [6, 6.07) is 0. The van der Waals surface area contributed by atoms with Gasteiger partial charge in [-0.25, -0.2) is 0 Å². The zero-order chi connectivity index (χ0) is 11.3. The monoisotopic (exact) mass is 212 g/mol. The fraction of sp³-hybridized carbons (Fsp3) is 0.818. The summed E-state index contributed by atoms with van der Waals surface area (Å²) in [7, 11) is 0. The first kappa shape index (κ1) is 10.5. The van der Waals surface area contributed by atoms with Crippen molar-refractivity contribution in [2.75, 3.05) is 0 Å². The highest BCUT2D eigenvalue weighted by Crippen LogP contribution is 2.53. The molecule has 2 unspecified atom stereocenters. The van der Waals surface area contributed by atoms with Gasteiger partial charge in [0.15, 0.2) is 5.60 Å². The number of rotatable bonds is 1. The lowest BCUT2D eigenvalue weighted by atomic mass is 9.74. The second kappa shape index (κ2) is 2.97. The summed E-state index contributed by atoms with van der Waals surface area (Å²) in [6.07, 6.45) is 2.21. The normalized spacial score (nSPS) is 37.3. The van der Waals surface area contributed by atoms with E-state index in [2.05, 4.69) is 0 Å². The van der Waals surface area contributed by atoms with E-state index in [-0.39, 0.29) is 18.0 Å². The molecule has 0 bridgehead atoms. The Morgan fingerprint density at radius 3 is 2.80 bits per heavy atom. The molecule has 1 saturated heterocycles. The van der Waals surface area contributed by atoms with Crippen LogP contribution in [0, 0.1) is 5.41 Å². The molecule has 4 nitrogen and oxygen atoms in total. The average Bonchev–Trinajstić information content (AvgIpc) is 2.54. The van der Waals surface area contributed by atoms with Crippen LogP contribution in [0.3, 0.4) is 0 Å². The van der Waals surface area contributed by atoms with E-state index in [4.69, 9.17) is 9.47 Å². The van der Waals surface area contributed by atoms with E-state index in [1.165, 1.54) is 6.92 Å². The van der Waals surface area contributed by atoms with Gasteiger partial charge in [-0.15, -0.1) is 0 Å². The lowest BCUT2D eigenvalue weighted by Gasteiger charge is -2.35. The molecule has 0 N–H and O–H groups in total. The van der Waals surface area contributed by atoms with Crippen molar-refractivity contribution in [3.8, 4) is 0 Å². The first-order valence-corrected chi connectivity index (χ1v) is 5.31. The highest BCUT2D eigenvalue weighted by atomic mass is 16.6. The molecule has 84 valence electrons. The molecule has 0 amide bonds. The van der Waals surface area contributed by atoms with Gasteiger partial charge in [0.25, 0.3) is 0 Å². The van der Waals surface area contributed by atoms with Crippen molar-refractivity contribution in [2.24, 2.45) is 5.41 Å². The zero-order valence-electron chi connectivity index (χ0n) is 9.33. The number of carbonyl (C=O) groups excluding carboxylic acids is 2. The SMILES string of the molecule is CC(=O)OC12CCCC1OC(=O)C2(C)C. The highest BCUT2D eigenvalue weighted by molar-refractivity contribution is 5.82. The Balaban J connectivity index is 2.39. The molecule has 0 aromatic carbocycles. The van der Waals surface area contributed by atoms with E-state index in [1.807, 2.05) is 0 Å². The van der Waals surface area contributed by atoms with Crippen molar-refractivity contribution in [1.29, 1.82) is 0 Å². The number of ether oxygens (including phenoxy) is 2. The van der Waals surface area contributed by atoms with Gasteiger partial charge in [0.05, 0.1) is 0 Å². The van der Waals surface area contributed by atoms with Crippen molar-refractivity contribution in [1.82, 2.24) is 0 Å². The lowest BCUT2D eigenvalue weighted by molar-refractivity contribution is -0.170. The molecule has 1 saturated carbocycles. The van der Waals surface area contributed by atoms with Crippen LogP contribution in [0.15, 0.2) is 0 Å². The van der Waals surface area contributed by atoms with E-state index in [0.29, 0.717) is 0 Å². The van der Waals surface area contributed by atoms with Crippen LogP contribution in [0.1, 0.15) is 40.0 Å². The van der Waals surface area contributed by atoms with Crippen LogP contribution >= 0.6 is 0 Å². The van der Waals surface area contributed by atoms with Crippen LogP contribution < -0.4 is 0 Å². The summed E-state index contributed by atoms with van der Waals surface area (Å²) in [5, 5.41) is 0. The summed E-state index contributed by atoms with van der Waals surface area (Å²) in [5.74, 6) is -0.596. The van der Waals surface area contributed by atoms with E-state index in [9.17, 15) is 9.59 Å². The van der Waals surface area contributed by atoms with Gasteiger partial charge in [-0.2, -0.15) is 0 Å². The molecule has 2 atom stereocenters. The van der Waals surface area contributed by atoms with Crippen LogP contribution in [-0.2, 0) is 19.1 Å². The number of hydrogen-bond acceptors (Lipinski definition) is 4. The second-order valence-electron chi connectivity index (χ2n) is 4.89. The summed E-state index contributed by atoms with van der Waals surface area (Å²) >= 11 is 0. The standard InChI is InChI=1S/C11H16O4/c1-7(12)15-11-6-4-5-8(11)14-9(13)10(11,2)3/h8H,4-6H2,1-3H3. The lowest BCUT2D eigenvalue weighted by Crippen LogP contribution is -2.49. The van der Waals surface area contributed by atoms with Gasteiger partial charge in [-0.05, 0) is 33.1 Å². The Bertz CT molecular complexity index is 321. The topological polar surface area (TPSA) is 52.6 Å². The Kier molecular flexibility index (Phi) is 2.07. The Hall–Kier alpha value is -1.06. The van der Waals surface area contributed by atoms with Gasteiger partial charge in [0.2, 0.25) is 0 Å². The van der Waals surface area contributed by atoms with Gasteiger partial charge in [0, 0.05) is 6.92 Å². The van der Waals surface area contributed by atoms with Gasteiger partial charge in [0.1, 0.15) is 11.5 Å². The predicted octanol–water partition coefficient (Wildman–Crippen LogP) is 1.42. The largest absolute Gasteiger partial charge is 0.458 e. The maximum Gasteiger partial charge on any atom is 0.316 e. The van der Waals surface area contributed by atoms with Gasteiger partial charge >= 0.3 is 11.9 Å². The molecule has 1 heterocycles. The van der Waals surface area contributed by atoms with Crippen molar-refractivity contribution in [3.05, 3.63) is 0 Å². The molecule has 1 aliphatic heterocycles. The number of fused-ring (bicyclic) bond motifs is 1. The van der Waals surface area contributed by atoms with Crippen LogP contribution in [0.25, 0.3) is 0 Å². The molecule has 0 radical (unpaired) electrons. The first-order valence-electron chi connectivity index (χ1n) is 5.31. The smallest absolute Gasteiger partial charge is 0.316 e. The molecule has 15 heavy (non-hydrogen) atoms. The zero-order valence-corrected chi connectivity index (χ0v) is 9.33. The Labute approximate surface area is 88.9 Å². The summed E-state index contributed by atoms with van der Waals surface area (Å²) in [6.45, 7) is 4.97. The van der Waals surface area contributed by atoms with Crippen LogP contribution in [-0.4, -0.2) is 23.6 Å². The molecule has 0 spiro atoms. The van der Waals surface area contributed by atoms with Gasteiger partial charge in [-0.1, -0.05) is 0 Å². The second-order valence-corrected chi connectivity index (χ2v) is 4.89. The molecule has 0 aromatic heterocycles. The van der Waals surface area contributed by atoms with Gasteiger partial charge < -0.3 is 9.47 Å². The molecule has 4 heteroatoms. The van der Waals surface area contributed by atoms with E-state index in [0.717, 1.165) is 19.3 Å². The molecular formula is C11H16O4. The minimum Gasteiger partial charge on any atom is -0.458 e. The Morgan fingerprint density at radius 1 is 1.53 bits per heavy atom. The quantitative estimate of drug-likeness (QED) is 0.617. The fourth-order valence-corrected chi connectivity index (χ4v) is 2.76. The van der Waals surface area contributed by atoms with E-state index < -0.39 is 11.0 Å². The Morgan fingerprint density at radius 2 is 2.20 bits per heavy atom. The number of carbonyl (C=O) groups is 2. The summed E-state index contributed by atoms with van der Waals surface area (Å²) in [4.78, 5) is 22.8. The van der Waals surface area contributed by atoms with E-state index in [1.54, 1.807) is 13.8 Å². The van der Waals surface area contributed by atoms with Crippen LogP contribution in [0.2, 0.25) is 0 Å². The average molecular weight is 212 g/mol. The minimum absolute atomic E-state index is 0.246. The molecule has 2 aliphatic rings. The maximum absolute atomic E-state index is 11.7. The van der Waals surface area contributed by atoms with Crippen molar-refractivity contribution in [2.45, 2.75) is 51.7 Å². The van der Waals surface area contributed by atoms with Crippen molar-refractivity contribution >= 4 is 11.9 Å². The van der Waals surface area contributed by atoms with Crippen LogP contribution in [0.4, 0.5) is 0 Å². The third-order valence-electron chi connectivity index (χ3n) is 3.68. The molecule has 2 fully saturated rings. The third kappa shape index (κ3) is 1.20. The minimum atomic E-state index is -0.726. The van der Waals surface area contributed by atoms with Crippen molar-refractivity contribution < 1.29 is 19.1 Å². The van der Waals surface area contributed by atoms with Crippen LogP contribution in [0.5, 0.6) is 0 Å². The number of hydrogen-bond donors (Lipinski definition) is 0. The van der Waals surface area contributed by atoms with Gasteiger partial charge in [-0.3, -0.25) is 9.59 Å². The summed E-state index contributed by atoms with van der Waals surface area (Å²) in [5.41, 5.74) is -1.45. The first-order chi connectivity index (χ1) is 6.90. The highest BCUT2D eigenvalue weighted by Gasteiger charge is 2.67. The van der Waals surface area contributed by atoms with Crippen molar-refractivity contribution in [3.63, 3.8) is 0 Å². The molecule has 1 aliphatic carbocycles. The third-order valence-corrected chi connectivity index (χ3v) is 3.68. The molecular weight excluding hydrogens is 196 g/mol. The number of esters is 2. The van der Waals surface area contributed by atoms with E-state index >= 15 is 0 Å².